The van der Waals surface area contributed by atoms with Gasteiger partial charge in [0.25, 0.3) is 0 Å². The minimum atomic E-state index is -3.74. The van der Waals surface area contributed by atoms with Gasteiger partial charge in [0.2, 0.25) is 16.0 Å². The maximum Gasteiger partial charge on any atom is 0.238 e. The molecule has 3 rings (SSSR count). The summed E-state index contributed by atoms with van der Waals surface area (Å²) in [6, 6.07) is 9.56. The Morgan fingerprint density at radius 1 is 0.897 bits per heavy atom. The highest BCUT2D eigenvalue weighted by atomic mass is 32.2. The molecule has 0 fully saturated rings. The molecule has 0 aliphatic carbocycles. The number of sulfonamides is 1. The van der Waals surface area contributed by atoms with Crippen LogP contribution >= 0.6 is 0 Å². The summed E-state index contributed by atoms with van der Waals surface area (Å²) in [5, 5.41) is 5.06. The lowest BCUT2D eigenvalue weighted by Gasteiger charge is -2.08. The molecule has 2 aromatic carbocycles. The van der Waals surface area contributed by atoms with Crippen molar-refractivity contribution in [1.29, 1.82) is 0 Å². The number of aryl methyl sites for hydroxylation is 2. The normalized spacial score (nSPS) is 11.6. The fraction of sp³-hybridized carbons (Fsp3) is 0.158. The van der Waals surface area contributed by atoms with Crippen molar-refractivity contribution in [3.8, 4) is 11.3 Å². The zero-order chi connectivity index (χ0) is 21.2. The first-order valence-electron chi connectivity index (χ1n) is 8.54. The van der Waals surface area contributed by atoms with Crippen molar-refractivity contribution < 1.29 is 21.6 Å². The molecule has 0 atom stereocenters. The quantitative estimate of drug-likeness (QED) is 0.593. The van der Waals surface area contributed by atoms with Gasteiger partial charge in [0.05, 0.1) is 10.6 Å². The average Bonchev–Trinajstić information content (AvgIpc) is 2.65. The third-order valence-electron chi connectivity index (χ3n) is 4.26. The van der Waals surface area contributed by atoms with Crippen molar-refractivity contribution in [3.05, 3.63) is 71.2 Å². The monoisotopic (exact) mass is 422 g/mol. The fourth-order valence-electron chi connectivity index (χ4n) is 2.83. The van der Waals surface area contributed by atoms with Gasteiger partial charge < -0.3 is 5.73 Å². The standard InChI is InChI=1S/C19H17F3N4O2S/c20-15-9-8-14(17(21)18(15)22)16-10-12(25-19(23)26-16)3-1-2-11-4-6-13(7-5-11)29(24,27)28/h4-10H,1-3H2,(H2,23,25,26)(H2,24,27,28). The van der Waals surface area contributed by atoms with Gasteiger partial charge in [0.1, 0.15) is 0 Å². The second kappa shape index (κ2) is 8.18. The molecule has 0 bridgehead atoms. The van der Waals surface area contributed by atoms with E-state index in [0.717, 1.165) is 17.7 Å². The number of anilines is 1. The van der Waals surface area contributed by atoms with E-state index in [1.807, 2.05) is 0 Å². The van der Waals surface area contributed by atoms with Gasteiger partial charge in [-0.1, -0.05) is 12.1 Å². The predicted octanol–water partition coefficient (Wildman–Crippen LogP) is 2.97. The Hall–Kier alpha value is -2.98. The second-order valence-electron chi connectivity index (χ2n) is 6.37. The van der Waals surface area contributed by atoms with E-state index in [1.54, 1.807) is 12.1 Å². The third-order valence-corrected chi connectivity index (χ3v) is 5.19. The molecule has 10 heteroatoms. The molecule has 152 valence electrons. The van der Waals surface area contributed by atoms with Crippen LogP contribution in [0.5, 0.6) is 0 Å². The Morgan fingerprint density at radius 2 is 1.59 bits per heavy atom. The highest BCUT2D eigenvalue weighted by molar-refractivity contribution is 7.89. The molecule has 0 radical (unpaired) electrons. The van der Waals surface area contributed by atoms with Gasteiger partial charge >= 0.3 is 0 Å². The van der Waals surface area contributed by atoms with E-state index in [2.05, 4.69) is 9.97 Å². The Bertz CT molecular complexity index is 1150. The molecule has 0 saturated carbocycles. The Labute approximate surface area is 165 Å². The third kappa shape index (κ3) is 4.90. The molecule has 0 aliphatic rings. The molecule has 1 heterocycles. The summed E-state index contributed by atoms with van der Waals surface area (Å²) in [5.74, 6) is -4.32. The Kier molecular flexibility index (Phi) is 5.85. The number of hydrogen-bond acceptors (Lipinski definition) is 5. The van der Waals surface area contributed by atoms with Crippen LogP contribution in [0.25, 0.3) is 11.3 Å². The fourth-order valence-corrected chi connectivity index (χ4v) is 3.34. The molecule has 0 amide bonds. The largest absolute Gasteiger partial charge is 0.368 e. The van der Waals surface area contributed by atoms with Crippen LogP contribution in [0.4, 0.5) is 19.1 Å². The number of nitrogen functional groups attached to an aromatic ring is 1. The summed E-state index contributed by atoms with van der Waals surface area (Å²) in [6.07, 6.45) is 1.70. The molecule has 4 N–H and O–H groups in total. The van der Waals surface area contributed by atoms with E-state index >= 15 is 0 Å². The summed E-state index contributed by atoms with van der Waals surface area (Å²) >= 11 is 0. The summed E-state index contributed by atoms with van der Waals surface area (Å²) in [4.78, 5) is 8.02. The van der Waals surface area contributed by atoms with E-state index in [0.29, 0.717) is 25.0 Å². The molecule has 29 heavy (non-hydrogen) atoms. The van der Waals surface area contributed by atoms with Gasteiger partial charge in [0, 0.05) is 11.3 Å². The average molecular weight is 422 g/mol. The number of nitrogens with zero attached hydrogens (tertiary/aromatic N) is 2. The minimum Gasteiger partial charge on any atom is -0.368 e. The van der Waals surface area contributed by atoms with Gasteiger partial charge in [-0.15, -0.1) is 0 Å². The van der Waals surface area contributed by atoms with Crippen LogP contribution in [0.3, 0.4) is 0 Å². The molecule has 0 aliphatic heterocycles. The lowest BCUT2D eigenvalue weighted by Crippen LogP contribution is -2.11. The summed E-state index contributed by atoms with van der Waals surface area (Å²) in [6.45, 7) is 0. The van der Waals surface area contributed by atoms with Crippen molar-refractivity contribution in [3.63, 3.8) is 0 Å². The van der Waals surface area contributed by atoms with Crippen LogP contribution in [0.1, 0.15) is 17.7 Å². The van der Waals surface area contributed by atoms with Gasteiger partial charge in [0.15, 0.2) is 17.5 Å². The first-order valence-corrected chi connectivity index (χ1v) is 10.1. The molecule has 1 aromatic heterocycles. The lowest BCUT2D eigenvalue weighted by atomic mass is 10.1. The zero-order valence-electron chi connectivity index (χ0n) is 15.1. The first-order chi connectivity index (χ1) is 13.6. The number of hydrogen-bond donors (Lipinski definition) is 2. The van der Waals surface area contributed by atoms with Crippen molar-refractivity contribution in [2.75, 3.05) is 5.73 Å². The number of rotatable bonds is 6. The summed E-state index contributed by atoms with van der Waals surface area (Å²) in [7, 11) is -3.74. The van der Waals surface area contributed by atoms with Gasteiger partial charge in [-0.2, -0.15) is 0 Å². The minimum absolute atomic E-state index is 0.0306. The van der Waals surface area contributed by atoms with E-state index in [9.17, 15) is 21.6 Å². The number of halogens is 3. The first kappa shape index (κ1) is 20.7. The lowest BCUT2D eigenvalue weighted by molar-refractivity contribution is 0.449. The van der Waals surface area contributed by atoms with Gasteiger partial charge in [-0.25, -0.2) is 36.7 Å². The topological polar surface area (TPSA) is 112 Å². The van der Waals surface area contributed by atoms with Crippen LogP contribution in [-0.2, 0) is 22.9 Å². The number of aromatic nitrogens is 2. The van der Waals surface area contributed by atoms with Crippen LogP contribution < -0.4 is 10.9 Å². The van der Waals surface area contributed by atoms with Crippen LogP contribution in [-0.4, -0.2) is 18.4 Å². The van der Waals surface area contributed by atoms with Crippen molar-refractivity contribution >= 4 is 16.0 Å². The van der Waals surface area contributed by atoms with Crippen molar-refractivity contribution in [1.82, 2.24) is 9.97 Å². The Balaban J connectivity index is 1.73. The maximum atomic E-state index is 14.0. The smallest absolute Gasteiger partial charge is 0.238 e. The molecule has 3 aromatic rings. The highest BCUT2D eigenvalue weighted by Gasteiger charge is 2.17. The van der Waals surface area contributed by atoms with E-state index in [1.165, 1.54) is 18.2 Å². The number of nitrogens with two attached hydrogens (primary N) is 2. The van der Waals surface area contributed by atoms with Crippen LogP contribution in [0, 0.1) is 17.5 Å². The zero-order valence-corrected chi connectivity index (χ0v) is 15.9. The molecular formula is C19H17F3N4O2S. The molecule has 6 nitrogen and oxygen atoms in total. The molecular weight excluding hydrogens is 405 g/mol. The second-order valence-corrected chi connectivity index (χ2v) is 7.93. The number of primary sulfonamides is 1. The maximum absolute atomic E-state index is 14.0. The van der Waals surface area contributed by atoms with Gasteiger partial charge in [-0.05, 0) is 55.2 Å². The number of benzene rings is 2. The van der Waals surface area contributed by atoms with E-state index in [4.69, 9.17) is 10.9 Å². The van der Waals surface area contributed by atoms with Crippen molar-refractivity contribution in [2.24, 2.45) is 5.14 Å². The molecule has 0 saturated heterocycles. The van der Waals surface area contributed by atoms with Gasteiger partial charge in [-0.3, -0.25) is 0 Å². The highest BCUT2D eigenvalue weighted by Crippen LogP contribution is 2.25. The van der Waals surface area contributed by atoms with E-state index < -0.39 is 27.5 Å². The summed E-state index contributed by atoms with van der Waals surface area (Å²) in [5.41, 5.74) is 6.93. The molecule has 0 unspecified atom stereocenters. The van der Waals surface area contributed by atoms with Crippen molar-refractivity contribution in [2.45, 2.75) is 24.2 Å². The predicted molar refractivity (Wildman–Crippen MR) is 102 cm³/mol. The summed E-state index contributed by atoms with van der Waals surface area (Å²) < 4.78 is 63.2. The SMILES string of the molecule is Nc1nc(CCCc2ccc(S(N)(=O)=O)cc2)cc(-c2ccc(F)c(F)c2F)n1. The molecule has 0 spiro atoms. The van der Waals surface area contributed by atoms with Crippen LogP contribution in [0.2, 0.25) is 0 Å². The van der Waals surface area contributed by atoms with E-state index in [-0.39, 0.29) is 22.1 Å². The van der Waals surface area contributed by atoms with Crippen LogP contribution in [0.15, 0.2) is 47.4 Å². The Morgan fingerprint density at radius 3 is 2.24 bits per heavy atom.